The number of nitrogens with zero attached hydrogens (tertiary/aromatic N) is 4. The molecule has 0 atom stereocenters. The smallest absolute Gasteiger partial charge is 0.0714 e. The lowest BCUT2D eigenvalue weighted by Crippen LogP contribution is -2.41. The van der Waals surface area contributed by atoms with E-state index in [4.69, 9.17) is 0 Å². The van der Waals surface area contributed by atoms with E-state index in [0.29, 0.717) is 0 Å². The second-order valence-electron chi connectivity index (χ2n) is 11.6. The molecule has 7 rings (SSSR count). The largest absolute Gasteiger partial charge is 0.359 e. The van der Waals surface area contributed by atoms with Gasteiger partial charge < -0.3 is 9.80 Å². The van der Waals surface area contributed by atoms with Crippen molar-refractivity contribution >= 4 is 11.4 Å². The Morgan fingerprint density at radius 2 is 1.13 bits per heavy atom. The zero-order valence-electron chi connectivity index (χ0n) is 23.6. The van der Waals surface area contributed by atoms with Crippen LogP contribution in [0.5, 0.6) is 0 Å². The number of rotatable bonds is 4. The summed E-state index contributed by atoms with van der Waals surface area (Å²) in [5, 5.41) is 0. The quantitative estimate of drug-likeness (QED) is 0.271. The van der Waals surface area contributed by atoms with Crippen LogP contribution in [0.15, 0.2) is 84.9 Å². The van der Waals surface area contributed by atoms with Crippen molar-refractivity contribution in [3.05, 3.63) is 118 Å². The Bertz CT molecular complexity index is 1510. The van der Waals surface area contributed by atoms with Crippen LogP contribution >= 0.6 is 0 Å². The van der Waals surface area contributed by atoms with Gasteiger partial charge in [0.25, 0.3) is 0 Å². The lowest BCUT2D eigenvalue weighted by molar-refractivity contribution is 0.310. The fourth-order valence-corrected chi connectivity index (χ4v) is 7.46. The van der Waals surface area contributed by atoms with E-state index in [-0.39, 0.29) is 5.41 Å². The monoisotopic (exact) mass is 514 g/mol. The molecule has 0 amide bonds. The molecule has 1 aliphatic carbocycles. The number of fused-ring (bicyclic) bond motifs is 5. The Labute approximate surface area is 233 Å². The van der Waals surface area contributed by atoms with Crippen LogP contribution in [0.1, 0.15) is 47.2 Å². The van der Waals surface area contributed by atoms with Gasteiger partial charge in [0.2, 0.25) is 0 Å². The molecule has 0 saturated heterocycles. The molecule has 0 radical (unpaired) electrons. The first-order valence-electron chi connectivity index (χ1n) is 14.4. The molecule has 4 aromatic carbocycles. The Balaban J connectivity index is 1.53. The van der Waals surface area contributed by atoms with Crippen molar-refractivity contribution in [2.45, 2.75) is 32.4 Å². The molecule has 4 heteroatoms. The minimum Gasteiger partial charge on any atom is -0.359 e. The number of hydrogen-bond acceptors (Lipinski definition) is 4. The molecule has 2 heterocycles. The van der Waals surface area contributed by atoms with Gasteiger partial charge in [0.1, 0.15) is 0 Å². The molecule has 39 heavy (non-hydrogen) atoms. The molecule has 198 valence electrons. The number of benzene rings is 4. The van der Waals surface area contributed by atoms with Gasteiger partial charge in [-0.1, -0.05) is 72.8 Å². The van der Waals surface area contributed by atoms with Gasteiger partial charge in [-0.05, 0) is 84.6 Å². The minimum atomic E-state index is -0.368. The number of anilines is 2. The lowest BCUT2D eigenvalue weighted by Gasteiger charge is -2.40. The highest BCUT2D eigenvalue weighted by molar-refractivity contribution is 5.87. The van der Waals surface area contributed by atoms with Crippen LogP contribution in [0, 0.1) is 0 Å². The van der Waals surface area contributed by atoms with Gasteiger partial charge in [-0.3, -0.25) is 9.80 Å². The molecule has 0 saturated carbocycles. The molecule has 2 aliphatic heterocycles. The third-order valence-electron chi connectivity index (χ3n) is 9.13. The molecule has 4 aromatic rings. The van der Waals surface area contributed by atoms with E-state index in [1.54, 1.807) is 0 Å². The third-order valence-corrected chi connectivity index (χ3v) is 9.13. The first kappa shape index (κ1) is 24.4. The van der Waals surface area contributed by atoms with Gasteiger partial charge in [-0.15, -0.1) is 0 Å². The van der Waals surface area contributed by atoms with Crippen LogP contribution in [-0.4, -0.2) is 50.3 Å². The molecule has 0 unspecified atom stereocenters. The van der Waals surface area contributed by atoms with Crippen molar-refractivity contribution in [1.82, 2.24) is 9.80 Å². The van der Waals surface area contributed by atoms with E-state index >= 15 is 0 Å². The standard InChI is InChI=1S/C35H38N4/c1-5-38-23-37(4)22-26-19-27(17-18-33(26)38)35(28-16-15-25-21-36(3)24-39(6-2)34(25)20-28)31-13-9-7-11-29(31)30-12-8-10-14-32(30)35/h7-20H,5-6,21-24H2,1-4H3. The van der Waals surface area contributed by atoms with Gasteiger partial charge >= 0.3 is 0 Å². The van der Waals surface area contributed by atoms with Crippen molar-refractivity contribution in [3.63, 3.8) is 0 Å². The first-order chi connectivity index (χ1) is 19.0. The van der Waals surface area contributed by atoms with Crippen molar-refractivity contribution in [2.24, 2.45) is 0 Å². The summed E-state index contributed by atoms with van der Waals surface area (Å²) in [6, 6.07) is 32.8. The highest BCUT2D eigenvalue weighted by atomic mass is 15.3. The van der Waals surface area contributed by atoms with Gasteiger partial charge in [-0.25, -0.2) is 0 Å². The predicted molar refractivity (Wildman–Crippen MR) is 162 cm³/mol. The number of hydrogen-bond donors (Lipinski definition) is 0. The van der Waals surface area contributed by atoms with E-state index in [1.807, 2.05) is 0 Å². The normalized spacial score (nSPS) is 17.9. The fourth-order valence-electron chi connectivity index (χ4n) is 7.46. The maximum Gasteiger partial charge on any atom is 0.0714 e. The summed E-state index contributed by atoms with van der Waals surface area (Å²) in [5.41, 5.74) is 13.4. The summed E-state index contributed by atoms with van der Waals surface area (Å²) < 4.78 is 0. The molecule has 0 spiro atoms. The maximum absolute atomic E-state index is 2.52. The minimum absolute atomic E-state index is 0.368. The van der Waals surface area contributed by atoms with E-state index in [1.165, 1.54) is 55.9 Å². The van der Waals surface area contributed by atoms with Crippen LogP contribution < -0.4 is 9.80 Å². The van der Waals surface area contributed by atoms with Crippen molar-refractivity contribution in [2.75, 3.05) is 50.3 Å². The predicted octanol–water partition coefficient (Wildman–Crippen LogP) is 6.51. The Morgan fingerprint density at radius 3 is 1.77 bits per heavy atom. The maximum atomic E-state index is 2.52. The fraction of sp³-hybridized carbons (Fsp3) is 0.314. The zero-order chi connectivity index (χ0) is 26.7. The van der Waals surface area contributed by atoms with E-state index < -0.39 is 0 Å². The van der Waals surface area contributed by atoms with Gasteiger partial charge in [0.05, 0.1) is 18.8 Å². The van der Waals surface area contributed by atoms with Gasteiger partial charge in [-0.2, -0.15) is 0 Å². The molecule has 0 N–H and O–H groups in total. The SMILES string of the molecule is CCN1CN(C)Cc2cc(C3(c4ccc5c(c4)N(CC)CN(C)C5)c4ccccc4-c4ccccc43)ccc21. The highest BCUT2D eigenvalue weighted by Crippen LogP contribution is 2.57. The van der Waals surface area contributed by atoms with Crippen LogP contribution in [0.2, 0.25) is 0 Å². The molecular weight excluding hydrogens is 476 g/mol. The highest BCUT2D eigenvalue weighted by Gasteiger charge is 2.46. The zero-order valence-corrected chi connectivity index (χ0v) is 23.6. The van der Waals surface area contributed by atoms with E-state index in [9.17, 15) is 0 Å². The average Bonchev–Trinajstić information content (AvgIpc) is 3.27. The van der Waals surface area contributed by atoms with Crippen molar-refractivity contribution in [3.8, 4) is 11.1 Å². The molecule has 0 fully saturated rings. The molecule has 0 aromatic heterocycles. The average molecular weight is 515 g/mol. The van der Waals surface area contributed by atoms with E-state index in [2.05, 4.69) is 132 Å². The van der Waals surface area contributed by atoms with Gasteiger partial charge in [0, 0.05) is 37.6 Å². The van der Waals surface area contributed by atoms with E-state index in [0.717, 1.165) is 39.5 Å². The first-order valence-corrected chi connectivity index (χ1v) is 14.4. The Kier molecular flexibility index (Phi) is 5.80. The summed E-state index contributed by atoms with van der Waals surface area (Å²) >= 11 is 0. The summed E-state index contributed by atoms with van der Waals surface area (Å²) in [5.74, 6) is 0. The topological polar surface area (TPSA) is 13.0 Å². The summed E-state index contributed by atoms with van der Waals surface area (Å²) in [6.45, 7) is 10.4. The third kappa shape index (κ3) is 3.58. The lowest BCUT2D eigenvalue weighted by atomic mass is 9.67. The van der Waals surface area contributed by atoms with Crippen LogP contribution in [0.25, 0.3) is 11.1 Å². The van der Waals surface area contributed by atoms with Crippen LogP contribution in [0.3, 0.4) is 0 Å². The Morgan fingerprint density at radius 1 is 0.590 bits per heavy atom. The molecule has 3 aliphatic rings. The summed E-state index contributed by atoms with van der Waals surface area (Å²) in [4.78, 5) is 9.83. The summed E-state index contributed by atoms with van der Waals surface area (Å²) in [7, 11) is 4.45. The van der Waals surface area contributed by atoms with Crippen molar-refractivity contribution in [1.29, 1.82) is 0 Å². The van der Waals surface area contributed by atoms with Crippen LogP contribution in [-0.2, 0) is 18.5 Å². The second-order valence-corrected chi connectivity index (χ2v) is 11.6. The second kappa shape index (κ2) is 9.25. The Hall–Kier alpha value is -3.60. The molecule has 4 nitrogen and oxygen atoms in total. The molecule has 0 bridgehead atoms. The van der Waals surface area contributed by atoms with Crippen molar-refractivity contribution < 1.29 is 0 Å². The van der Waals surface area contributed by atoms with Gasteiger partial charge in [0.15, 0.2) is 0 Å². The molecular formula is C35H38N4. The van der Waals surface area contributed by atoms with Crippen LogP contribution in [0.4, 0.5) is 11.4 Å². The summed E-state index contributed by atoms with van der Waals surface area (Å²) in [6.07, 6.45) is 0.